The number of aromatic nitrogens is 3. The summed E-state index contributed by atoms with van der Waals surface area (Å²) in [7, 11) is 0. The molecule has 2 heterocycles. The second-order valence-electron chi connectivity index (χ2n) is 4.98. The van der Waals surface area contributed by atoms with Crippen LogP contribution in [-0.4, -0.2) is 20.3 Å². The number of rotatable bonds is 2. The van der Waals surface area contributed by atoms with Crippen molar-refractivity contribution in [3.63, 3.8) is 0 Å². The van der Waals surface area contributed by atoms with E-state index in [1.165, 1.54) is 18.3 Å². The van der Waals surface area contributed by atoms with Crippen LogP contribution in [0.2, 0.25) is 0 Å². The van der Waals surface area contributed by atoms with Crippen molar-refractivity contribution in [3.05, 3.63) is 67.9 Å². The highest BCUT2D eigenvalue weighted by molar-refractivity contribution is 9.10. The lowest BCUT2D eigenvalue weighted by atomic mass is 10.3. The van der Waals surface area contributed by atoms with Gasteiger partial charge in [0.1, 0.15) is 6.54 Å². The lowest BCUT2D eigenvalue weighted by Crippen LogP contribution is -2.43. The molecule has 2 aromatic heterocycles. The van der Waals surface area contributed by atoms with Crippen molar-refractivity contribution in [2.75, 3.05) is 0 Å². The first-order valence-electron chi connectivity index (χ1n) is 6.71. The number of alkyl halides is 3. The monoisotopic (exact) mass is 399 g/mol. The van der Waals surface area contributed by atoms with E-state index in [1.54, 1.807) is 24.3 Å². The number of hydrogen-bond donors (Lipinski definition) is 0. The zero-order chi connectivity index (χ0) is 17.5. The summed E-state index contributed by atoms with van der Waals surface area (Å²) in [6.45, 7) is -1.66. The molecule has 0 atom stereocenters. The highest BCUT2D eigenvalue weighted by Gasteiger charge is 2.31. The summed E-state index contributed by atoms with van der Waals surface area (Å²) in [6.07, 6.45) is -3.33. The van der Waals surface area contributed by atoms with Crippen LogP contribution in [0.4, 0.5) is 13.2 Å². The zero-order valence-electron chi connectivity index (χ0n) is 11.9. The molecule has 0 unspecified atom stereocenters. The molecule has 0 aliphatic carbocycles. The maximum atomic E-state index is 12.8. The summed E-state index contributed by atoms with van der Waals surface area (Å²) in [4.78, 5) is 28.8. The van der Waals surface area contributed by atoms with E-state index in [4.69, 9.17) is 0 Å². The van der Waals surface area contributed by atoms with E-state index in [-0.39, 0.29) is 15.6 Å². The maximum Gasteiger partial charge on any atom is 0.406 e. The van der Waals surface area contributed by atoms with Crippen LogP contribution in [0.1, 0.15) is 0 Å². The van der Waals surface area contributed by atoms with Crippen molar-refractivity contribution in [3.8, 4) is 5.69 Å². The van der Waals surface area contributed by atoms with Gasteiger partial charge in [-0.2, -0.15) is 13.2 Å². The van der Waals surface area contributed by atoms with Crippen LogP contribution in [0.25, 0.3) is 16.7 Å². The van der Waals surface area contributed by atoms with E-state index < -0.39 is 24.0 Å². The summed E-state index contributed by atoms with van der Waals surface area (Å²) in [6, 6.07) is 9.12. The smallest absolute Gasteiger partial charge is 0.268 e. The molecule has 0 spiro atoms. The van der Waals surface area contributed by atoms with E-state index in [0.29, 0.717) is 5.69 Å². The Morgan fingerprint density at radius 1 is 1.08 bits per heavy atom. The molecule has 0 amide bonds. The van der Waals surface area contributed by atoms with Gasteiger partial charge in [0.2, 0.25) is 0 Å². The molecule has 1 aromatic carbocycles. The van der Waals surface area contributed by atoms with Gasteiger partial charge in [0.15, 0.2) is 5.65 Å². The number of nitrogens with zero attached hydrogens (tertiary/aromatic N) is 3. The Kier molecular flexibility index (Phi) is 4.04. The Hall–Kier alpha value is -2.42. The largest absolute Gasteiger partial charge is 0.406 e. The number of pyridine rings is 1. The molecule has 0 aliphatic heterocycles. The first-order valence-corrected chi connectivity index (χ1v) is 7.50. The normalized spacial score (nSPS) is 11.8. The van der Waals surface area contributed by atoms with Gasteiger partial charge in [-0.05, 0) is 36.4 Å². The molecule has 5 nitrogen and oxygen atoms in total. The fourth-order valence-electron chi connectivity index (χ4n) is 2.33. The Labute approximate surface area is 141 Å². The second kappa shape index (κ2) is 5.90. The van der Waals surface area contributed by atoms with Crippen molar-refractivity contribution >= 4 is 27.0 Å². The van der Waals surface area contributed by atoms with E-state index in [1.807, 2.05) is 0 Å². The van der Waals surface area contributed by atoms with Crippen LogP contribution >= 0.6 is 15.9 Å². The molecule has 0 fully saturated rings. The lowest BCUT2D eigenvalue weighted by Gasteiger charge is -2.14. The second-order valence-corrected chi connectivity index (χ2v) is 5.89. The standard InChI is InChI=1S/C15H9BrF3N3O2/c16-9-3-5-10(6-4-9)22-12-11(2-1-7-20-12)13(23)21(14(22)24)8-15(17,18)19/h1-7H,8H2. The third kappa shape index (κ3) is 2.99. The Bertz CT molecular complexity index is 1020. The summed E-state index contributed by atoms with van der Waals surface area (Å²) >= 11 is 3.25. The predicted octanol–water partition coefficient (Wildman–Crippen LogP) is 2.87. The minimum atomic E-state index is -4.70. The molecule has 0 N–H and O–H groups in total. The molecule has 0 saturated carbocycles. The number of benzene rings is 1. The number of fused-ring (bicyclic) bond motifs is 1. The van der Waals surface area contributed by atoms with E-state index >= 15 is 0 Å². The van der Waals surface area contributed by atoms with Crippen molar-refractivity contribution in [2.24, 2.45) is 0 Å². The SMILES string of the molecule is O=c1c2cccnc2n(-c2ccc(Br)cc2)c(=O)n1CC(F)(F)F. The van der Waals surface area contributed by atoms with Crippen LogP contribution < -0.4 is 11.2 Å². The van der Waals surface area contributed by atoms with Crippen LogP contribution in [0.5, 0.6) is 0 Å². The van der Waals surface area contributed by atoms with Gasteiger partial charge in [-0.15, -0.1) is 0 Å². The number of halogens is 4. The summed E-state index contributed by atoms with van der Waals surface area (Å²) in [5, 5.41) is -0.0655. The van der Waals surface area contributed by atoms with Gasteiger partial charge in [0.25, 0.3) is 5.56 Å². The van der Waals surface area contributed by atoms with Gasteiger partial charge >= 0.3 is 11.9 Å². The van der Waals surface area contributed by atoms with Gasteiger partial charge in [0, 0.05) is 10.7 Å². The molecule has 9 heteroatoms. The van der Waals surface area contributed by atoms with Crippen LogP contribution in [-0.2, 0) is 6.54 Å². The average molecular weight is 400 g/mol. The molecule has 0 radical (unpaired) electrons. The highest BCUT2D eigenvalue weighted by Crippen LogP contribution is 2.18. The Morgan fingerprint density at radius 3 is 2.38 bits per heavy atom. The maximum absolute atomic E-state index is 12.8. The van der Waals surface area contributed by atoms with E-state index in [0.717, 1.165) is 9.04 Å². The molecule has 24 heavy (non-hydrogen) atoms. The fraction of sp³-hybridized carbons (Fsp3) is 0.133. The third-order valence-electron chi connectivity index (χ3n) is 3.32. The van der Waals surface area contributed by atoms with E-state index in [2.05, 4.69) is 20.9 Å². The van der Waals surface area contributed by atoms with Crippen LogP contribution in [0, 0.1) is 0 Å². The predicted molar refractivity (Wildman–Crippen MR) is 85.4 cm³/mol. The molecular formula is C15H9BrF3N3O2. The van der Waals surface area contributed by atoms with Gasteiger partial charge in [-0.1, -0.05) is 15.9 Å². The van der Waals surface area contributed by atoms with Crippen molar-refractivity contribution in [1.29, 1.82) is 0 Å². The molecule has 3 rings (SSSR count). The summed E-state index contributed by atoms with van der Waals surface area (Å²) in [5.41, 5.74) is -1.80. The first-order chi connectivity index (χ1) is 11.3. The average Bonchev–Trinajstić information content (AvgIpc) is 2.52. The fourth-order valence-corrected chi connectivity index (χ4v) is 2.59. The quantitative estimate of drug-likeness (QED) is 0.665. The van der Waals surface area contributed by atoms with Crippen LogP contribution in [0.15, 0.2) is 56.7 Å². The first kappa shape index (κ1) is 16.4. The summed E-state index contributed by atoms with van der Waals surface area (Å²) < 4.78 is 40.2. The van der Waals surface area contributed by atoms with Gasteiger partial charge in [-0.3, -0.25) is 9.36 Å². The van der Waals surface area contributed by atoms with Gasteiger partial charge in [-0.25, -0.2) is 14.3 Å². The molecule has 0 aliphatic rings. The molecule has 3 aromatic rings. The molecule has 0 saturated heterocycles. The topological polar surface area (TPSA) is 56.9 Å². The third-order valence-corrected chi connectivity index (χ3v) is 3.85. The van der Waals surface area contributed by atoms with Crippen LogP contribution in [0.3, 0.4) is 0 Å². The molecule has 124 valence electrons. The Balaban J connectivity index is 2.41. The Morgan fingerprint density at radius 2 is 1.75 bits per heavy atom. The minimum Gasteiger partial charge on any atom is -0.268 e. The lowest BCUT2D eigenvalue weighted by molar-refractivity contribution is -0.141. The van der Waals surface area contributed by atoms with Crippen molar-refractivity contribution in [2.45, 2.75) is 12.7 Å². The van der Waals surface area contributed by atoms with Crippen molar-refractivity contribution in [1.82, 2.24) is 14.1 Å². The van der Waals surface area contributed by atoms with Gasteiger partial charge < -0.3 is 0 Å². The summed E-state index contributed by atoms with van der Waals surface area (Å²) in [5.74, 6) is 0. The molecule has 0 bridgehead atoms. The van der Waals surface area contributed by atoms with Gasteiger partial charge in [0.05, 0.1) is 11.1 Å². The van der Waals surface area contributed by atoms with E-state index in [9.17, 15) is 22.8 Å². The molecular weight excluding hydrogens is 391 g/mol. The number of hydrogen-bond acceptors (Lipinski definition) is 3. The minimum absolute atomic E-state index is 0.00764. The highest BCUT2D eigenvalue weighted by atomic mass is 79.9. The van der Waals surface area contributed by atoms with Crippen molar-refractivity contribution < 1.29 is 13.2 Å². The zero-order valence-corrected chi connectivity index (χ0v) is 13.5.